The lowest BCUT2D eigenvalue weighted by atomic mass is 10.1. The molecule has 0 saturated carbocycles. The number of ketones is 1. The summed E-state index contributed by atoms with van der Waals surface area (Å²) in [5.41, 5.74) is 1.83. The summed E-state index contributed by atoms with van der Waals surface area (Å²) in [5, 5.41) is 6.00. The molecule has 0 spiro atoms. The highest BCUT2D eigenvalue weighted by Gasteiger charge is 2.19. The maximum absolute atomic E-state index is 12.4. The zero-order valence-electron chi connectivity index (χ0n) is 15.8. The Morgan fingerprint density at radius 2 is 1.86 bits per heavy atom. The minimum absolute atomic E-state index is 0.135. The number of aromatic amines is 1. The lowest BCUT2D eigenvalue weighted by Crippen LogP contribution is -2.32. The quantitative estimate of drug-likeness (QED) is 0.273. The van der Waals surface area contributed by atoms with Crippen LogP contribution in [0.3, 0.4) is 0 Å². The van der Waals surface area contributed by atoms with Crippen molar-refractivity contribution in [3.8, 4) is 5.75 Å². The monoisotopic (exact) mass is 457 g/mol. The van der Waals surface area contributed by atoms with Crippen LogP contribution in [-0.4, -0.2) is 35.7 Å². The van der Waals surface area contributed by atoms with Gasteiger partial charge in [0.05, 0.1) is 12.2 Å². The van der Waals surface area contributed by atoms with Crippen molar-refractivity contribution in [1.29, 1.82) is 0 Å². The highest BCUT2D eigenvalue weighted by Crippen LogP contribution is 2.23. The lowest BCUT2D eigenvalue weighted by molar-refractivity contribution is -0.117. The molecule has 0 aliphatic rings. The SMILES string of the molecule is CC(=O)Nc1ccc(OCCCNC(=O)C(=O)c2c[nH]c3ccc(Br)cc23)cc1. The molecule has 0 fully saturated rings. The third-order valence-electron chi connectivity index (χ3n) is 4.14. The first kappa shape index (κ1) is 20.6. The van der Waals surface area contributed by atoms with E-state index in [2.05, 4.69) is 31.5 Å². The predicted molar refractivity (Wildman–Crippen MR) is 114 cm³/mol. The second-order valence-corrected chi connectivity index (χ2v) is 7.30. The van der Waals surface area contributed by atoms with Crippen LogP contribution in [-0.2, 0) is 9.59 Å². The number of carbonyl (C=O) groups is 3. The molecule has 3 rings (SSSR count). The summed E-state index contributed by atoms with van der Waals surface area (Å²) in [6.07, 6.45) is 2.10. The number of amides is 2. The van der Waals surface area contributed by atoms with Crippen molar-refractivity contribution in [3.63, 3.8) is 0 Å². The Hall–Kier alpha value is -3.13. The molecule has 0 bridgehead atoms. The number of ether oxygens (including phenoxy) is 1. The normalized spacial score (nSPS) is 10.6. The highest BCUT2D eigenvalue weighted by molar-refractivity contribution is 9.10. The van der Waals surface area contributed by atoms with Gasteiger partial charge in [0, 0.05) is 40.7 Å². The van der Waals surface area contributed by atoms with Gasteiger partial charge >= 0.3 is 0 Å². The van der Waals surface area contributed by atoms with Gasteiger partial charge in [-0.2, -0.15) is 0 Å². The van der Waals surface area contributed by atoms with E-state index < -0.39 is 11.7 Å². The molecule has 3 N–H and O–H groups in total. The number of rotatable bonds is 8. The zero-order valence-corrected chi connectivity index (χ0v) is 17.3. The van der Waals surface area contributed by atoms with E-state index in [1.807, 2.05) is 12.1 Å². The van der Waals surface area contributed by atoms with E-state index in [9.17, 15) is 14.4 Å². The first-order valence-corrected chi connectivity index (χ1v) is 9.83. The van der Waals surface area contributed by atoms with Crippen molar-refractivity contribution in [2.75, 3.05) is 18.5 Å². The molecular weight excluding hydrogens is 438 g/mol. The van der Waals surface area contributed by atoms with Gasteiger partial charge in [0.15, 0.2) is 0 Å². The third-order valence-corrected chi connectivity index (χ3v) is 4.64. The standard InChI is InChI=1S/C21H20BrN3O4/c1-13(26)25-15-4-6-16(7-5-15)29-10-2-9-23-21(28)20(27)18-12-24-19-8-3-14(22)11-17(18)19/h3-8,11-12,24H,2,9-10H2,1H3,(H,23,28)(H,25,26). The van der Waals surface area contributed by atoms with Crippen molar-refractivity contribution in [1.82, 2.24) is 10.3 Å². The number of nitrogens with one attached hydrogen (secondary N) is 3. The average molecular weight is 458 g/mol. The van der Waals surface area contributed by atoms with Gasteiger partial charge in [-0.15, -0.1) is 0 Å². The van der Waals surface area contributed by atoms with Gasteiger partial charge in [-0.1, -0.05) is 15.9 Å². The van der Waals surface area contributed by atoms with Crippen LogP contribution in [0, 0.1) is 0 Å². The molecule has 2 aromatic carbocycles. The number of benzene rings is 2. The molecular formula is C21H20BrN3O4. The van der Waals surface area contributed by atoms with Crippen LogP contribution in [0.15, 0.2) is 53.1 Å². The summed E-state index contributed by atoms with van der Waals surface area (Å²) in [6.45, 7) is 2.15. The summed E-state index contributed by atoms with van der Waals surface area (Å²) in [6, 6.07) is 12.5. The van der Waals surface area contributed by atoms with Gasteiger partial charge in [-0.3, -0.25) is 14.4 Å². The summed E-state index contributed by atoms with van der Waals surface area (Å²) in [7, 11) is 0. The van der Waals surface area contributed by atoms with Crippen molar-refractivity contribution in [2.45, 2.75) is 13.3 Å². The third kappa shape index (κ3) is 5.45. The van der Waals surface area contributed by atoms with E-state index >= 15 is 0 Å². The number of aromatic nitrogens is 1. The predicted octanol–water partition coefficient (Wildman–Crippen LogP) is 3.66. The lowest BCUT2D eigenvalue weighted by Gasteiger charge is -2.08. The Balaban J connectivity index is 1.44. The Kier molecular flexibility index (Phi) is 6.66. The molecule has 0 aliphatic carbocycles. The molecule has 0 aliphatic heterocycles. The Bertz CT molecular complexity index is 1040. The van der Waals surface area contributed by atoms with E-state index in [0.29, 0.717) is 42.0 Å². The van der Waals surface area contributed by atoms with Gasteiger partial charge in [-0.05, 0) is 48.9 Å². The number of halogens is 1. The summed E-state index contributed by atoms with van der Waals surface area (Å²) in [4.78, 5) is 38.6. The fourth-order valence-electron chi connectivity index (χ4n) is 2.79. The number of H-pyrrole nitrogens is 1. The van der Waals surface area contributed by atoms with Crippen molar-refractivity contribution >= 4 is 50.1 Å². The van der Waals surface area contributed by atoms with Crippen LogP contribution in [0.25, 0.3) is 10.9 Å². The average Bonchev–Trinajstić information content (AvgIpc) is 3.10. The maximum atomic E-state index is 12.4. The molecule has 8 heteroatoms. The minimum Gasteiger partial charge on any atom is -0.494 e. The number of hydrogen-bond acceptors (Lipinski definition) is 4. The van der Waals surface area contributed by atoms with E-state index in [-0.39, 0.29) is 5.91 Å². The summed E-state index contributed by atoms with van der Waals surface area (Å²) < 4.78 is 6.43. The van der Waals surface area contributed by atoms with E-state index in [0.717, 1.165) is 9.99 Å². The second kappa shape index (κ2) is 9.38. The Labute approximate surface area is 175 Å². The smallest absolute Gasteiger partial charge is 0.292 e. The van der Waals surface area contributed by atoms with Crippen LogP contribution in [0.4, 0.5) is 5.69 Å². The van der Waals surface area contributed by atoms with E-state index in [1.54, 1.807) is 36.5 Å². The topological polar surface area (TPSA) is 100 Å². The van der Waals surface area contributed by atoms with Crippen LogP contribution in [0.5, 0.6) is 5.75 Å². The first-order valence-electron chi connectivity index (χ1n) is 9.03. The first-order chi connectivity index (χ1) is 13.9. The fourth-order valence-corrected chi connectivity index (χ4v) is 3.15. The van der Waals surface area contributed by atoms with Crippen LogP contribution >= 0.6 is 15.9 Å². The Morgan fingerprint density at radius 1 is 1.10 bits per heavy atom. The summed E-state index contributed by atoms with van der Waals surface area (Å²) >= 11 is 3.37. The molecule has 0 radical (unpaired) electrons. The number of fused-ring (bicyclic) bond motifs is 1. The van der Waals surface area contributed by atoms with Crippen molar-refractivity contribution < 1.29 is 19.1 Å². The molecule has 2 amide bonds. The number of carbonyl (C=O) groups excluding carboxylic acids is 3. The Morgan fingerprint density at radius 3 is 2.59 bits per heavy atom. The van der Waals surface area contributed by atoms with Gasteiger partial charge < -0.3 is 20.4 Å². The zero-order chi connectivity index (χ0) is 20.8. The van der Waals surface area contributed by atoms with E-state index in [4.69, 9.17) is 4.74 Å². The molecule has 29 heavy (non-hydrogen) atoms. The number of hydrogen-bond donors (Lipinski definition) is 3. The van der Waals surface area contributed by atoms with Gasteiger partial charge in [0.1, 0.15) is 5.75 Å². The maximum Gasteiger partial charge on any atom is 0.292 e. The van der Waals surface area contributed by atoms with Crippen LogP contribution in [0.1, 0.15) is 23.7 Å². The van der Waals surface area contributed by atoms with Gasteiger partial charge in [0.2, 0.25) is 5.91 Å². The van der Waals surface area contributed by atoms with Gasteiger partial charge in [-0.25, -0.2) is 0 Å². The number of anilines is 1. The van der Waals surface area contributed by atoms with Crippen LogP contribution < -0.4 is 15.4 Å². The summed E-state index contributed by atoms with van der Waals surface area (Å²) in [5.74, 6) is -0.704. The molecule has 0 saturated heterocycles. The second-order valence-electron chi connectivity index (χ2n) is 6.38. The fraction of sp³-hybridized carbons (Fsp3) is 0.190. The van der Waals surface area contributed by atoms with Crippen molar-refractivity contribution in [3.05, 3.63) is 58.7 Å². The number of Topliss-reactive ketones (excluding diaryl/α,β-unsaturated/α-hetero) is 1. The van der Waals surface area contributed by atoms with Crippen molar-refractivity contribution in [2.24, 2.45) is 0 Å². The molecule has 7 nitrogen and oxygen atoms in total. The highest BCUT2D eigenvalue weighted by atomic mass is 79.9. The minimum atomic E-state index is -0.648. The molecule has 0 unspecified atom stereocenters. The van der Waals surface area contributed by atoms with E-state index in [1.165, 1.54) is 6.92 Å². The molecule has 1 heterocycles. The van der Waals surface area contributed by atoms with Gasteiger partial charge in [0.25, 0.3) is 11.7 Å². The molecule has 1 aromatic heterocycles. The molecule has 3 aromatic rings. The molecule has 0 atom stereocenters. The molecule has 150 valence electrons. The largest absolute Gasteiger partial charge is 0.494 e. The van der Waals surface area contributed by atoms with Crippen LogP contribution in [0.2, 0.25) is 0 Å².